The van der Waals surface area contributed by atoms with Crippen LogP contribution < -0.4 is 5.32 Å². The number of hydrogen-bond donors (Lipinski definition) is 2. The number of aryl methyl sites for hydroxylation is 1. The zero-order chi connectivity index (χ0) is 14.6. The Kier molecular flexibility index (Phi) is 4.55. The number of anilines is 1. The number of benzene rings is 1. The van der Waals surface area contributed by atoms with Gasteiger partial charge in [-0.05, 0) is 31.9 Å². The maximum atomic E-state index is 9.62. The van der Waals surface area contributed by atoms with Crippen LogP contribution in [-0.4, -0.2) is 28.2 Å². The fourth-order valence-corrected chi connectivity index (χ4v) is 2.31. The van der Waals surface area contributed by atoms with Crippen molar-refractivity contribution in [1.82, 2.24) is 9.97 Å². The van der Waals surface area contributed by atoms with E-state index in [0.717, 1.165) is 35.4 Å². The highest BCUT2D eigenvalue weighted by atomic mass is 16.3. The third kappa shape index (κ3) is 2.90. The Labute approximate surface area is 120 Å². The summed E-state index contributed by atoms with van der Waals surface area (Å²) in [5.41, 5.74) is 2.61. The molecule has 4 heteroatoms. The Hall–Kier alpha value is -1.68. The molecule has 0 spiro atoms. The van der Waals surface area contributed by atoms with Crippen LogP contribution in [0.5, 0.6) is 0 Å². The fraction of sp³-hybridized carbons (Fsp3) is 0.500. The second-order valence-electron chi connectivity index (χ2n) is 5.37. The van der Waals surface area contributed by atoms with Gasteiger partial charge in [-0.25, -0.2) is 9.97 Å². The van der Waals surface area contributed by atoms with Gasteiger partial charge in [-0.15, -0.1) is 0 Å². The van der Waals surface area contributed by atoms with Crippen LogP contribution in [0.3, 0.4) is 0 Å². The van der Waals surface area contributed by atoms with Gasteiger partial charge in [-0.3, -0.25) is 0 Å². The highest BCUT2D eigenvalue weighted by molar-refractivity contribution is 5.76. The standard InChI is InChI=1S/C16H23N3O/c1-4-16(5-2,11-20)10-17-15-12(3)18-13-8-6-7-9-14(13)19-15/h6-9,20H,4-5,10-11H2,1-3H3,(H,17,19). The fourth-order valence-electron chi connectivity index (χ4n) is 2.31. The summed E-state index contributed by atoms with van der Waals surface area (Å²) in [7, 11) is 0. The van der Waals surface area contributed by atoms with Crippen molar-refractivity contribution in [3.8, 4) is 0 Å². The number of aliphatic hydroxyl groups excluding tert-OH is 1. The maximum absolute atomic E-state index is 9.62. The van der Waals surface area contributed by atoms with E-state index in [4.69, 9.17) is 0 Å². The largest absolute Gasteiger partial charge is 0.396 e. The Balaban J connectivity index is 2.23. The molecule has 2 N–H and O–H groups in total. The molecule has 0 aliphatic carbocycles. The first-order valence-electron chi connectivity index (χ1n) is 7.22. The number of aliphatic hydroxyl groups is 1. The molecule has 0 saturated carbocycles. The zero-order valence-corrected chi connectivity index (χ0v) is 12.5. The van der Waals surface area contributed by atoms with E-state index >= 15 is 0 Å². The number of nitrogens with one attached hydrogen (secondary N) is 1. The zero-order valence-electron chi connectivity index (χ0n) is 12.5. The number of fused-ring (bicyclic) bond motifs is 1. The number of aromatic nitrogens is 2. The van der Waals surface area contributed by atoms with Gasteiger partial charge in [-0.1, -0.05) is 26.0 Å². The van der Waals surface area contributed by atoms with Gasteiger partial charge in [0.1, 0.15) is 5.82 Å². The number of rotatable bonds is 6. The number of nitrogens with zero attached hydrogens (tertiary/aromatic N) is 2. The van der Waals surface area contributed by atoms with E-state index in [1.54, 1.807) is 0 Å². The minimum Gasteiger partial charge on any atom is -0.396 e. The lowest BCUT2D eigenvalue weighted by atomic mass is 9.83. The van der Waals surface area contributed by atoms with Gasteiger partial charge in [0.2, 0.25) is 0 Å². The highest BCUT2D eigenvalue weighted by Crippen LogP contribution is 2.26. The molecule has 0 saturated heterocycles. The molecule has 0 atom stereocenters. The first kappa shape index (κ1) is 14.7. The van der Waals surface area contributed by atoms with E-state index in [9.17, 15) is 5.11 Å². The molecule has 0 aliphatic heterocycles. The van der Waals surface area contributed by atoms with E-state index < -0.39 is 0 Å². The summed E-state index contributed by atoms with van der Waals surface area (Å²) in [6, 6.07) is 7.86. The molecule has 0 bridgehead atoms. The molecular formula is C16H23N3O. The van der Waals surface area contributed by atoms with Crippen molar-refractivity contribution < 1.29 is 5.11 Å². The number of para-hydroxylation sites is 2. The molecule has 0 radical (unpaired) electrons. The summed E-state index contributed by atoms with van der Waals surface area (Å²) >= 11 is 0. The van der Waals surface area contributed by atoms with Crippen molar-refractivity contribution >= 4 is 16.9 Å². The van der Waals surface area contributed by atoms with E-state index in [1.807, 2.05) is 31.2 Å². The van der Waals surface area contributed by atoms with Gasteiger partial charge in [-0.2, -0.15) is 0 Å². The Morgan fingerprint density at radius 2 is 1.70 bits per heavy atom. The minimum absolute atomic E-state index is 0.0836. The van der Waals surface area contributed by atoms with Crippen molar-refractivity contribution in [2.24, 2.45) is 5.41 Å². The van der Waals surface area contributed by atoms with Crippen LogP contribution in [0.1, 0.15) is 32.4 Å². The molecule has 1 aromatic carbocycles. The van der Waals surface area contributed by atoms with Crippen LogP contribution in [0.15, 0.2) is 24.3 Å². The lowest BCUT2D eigenvalue weighted by Crippen LogP contribution is -2.32. The molecule has 0 unspecified atom stereocenters. The molecule has 4 nitrogen and oxygen atoms in total. The van der Waals surface area contributed by atoms with Gasteiger partial charge in [0.15, 0.2) is 0 Å². The monoisotopic (exact) mass is 273 g/mol. The summed E-state index contributed by atoms with van der Waals surface area (Å²) in [5, 5.41) is 13.0. The molecule has 20 heavy (non-hydrogen) atoms. The van der Waals surface area contributed by atoms with Crippen molar-refractivity contribution in [1.29, 1.82) is 0 Å². The van der Waals surface area contributed by atoms with E-state index in [1.165, 1.54) is 0 Å². The molecule has 108 valence electrons. The first-order chi connectivity index (χ1) is 9.64. The van der Waals surface area contributed by atoms with Crippen molar-refractivity contribution in [3.05, 3.63) is 30.0 Å². The highest BCUT2D eigenvalue weighted by Gasteiger charge is 2.25. The van der Waals surface area contributed by atoms with E-state index in [2.05, 4.69) is 29.1 Å². The second-order valence-corrected chi connectivity index (χ2v) is 5.37. The van der Waals surface area contributed by atoms with Crippen LogP contribution in [0.25, 0.3) is 11.0 Å². The predicted molar refractivity (Wildman–Crippen MR) is 82.9 cm³/mol. The predicted octanol–water partition coefficient (Wildman–Crippen LogP) is 3.15. The molecule has 1 aromatic heterocycles. The summed E-state index contributed by atoms with van der Waals surface area (Å²) in [6.07, 6.45) is 1.88. The summed E-state index contributed by atoms with van der Waals surface area (Å²) in [5.74, 6) is 0.809. The van der Waals surface area contributed by atoms with Gasteiger partial charge in [0, 0.05) is 12.0 Å². The molecule has 1 heterocycles. The molecule has 0 amide bonds. The third-order valence-corrected chi connectivity index (χ3v) is 4.21. The molecule has 2 aromatic rings. The van der Waals surface area contributed by atoms with E-state index in [0.29, 0.717) is 6.54 Å². The second kappa shape index (κ2) is 6.18. The summed E-state index contributed by atoms with van der Waals surface area (Å²) < 4.78 is 0. The van der Waals surface area contributed by atoms with E-state index in [-0.39, 0.29) is 12.0 Å². The summed E-state index contributed by atoms with van der Waals surface area (Å²) in [4.78, 5) is 9.19. The van der Waals surface area contributed by atoms with Crippen molar-refractivity contribution in [3.63, 3.8) is 0 Å². The summed E-state index contributed by atoms with van der Waals surface area (Å²) in [6.45, 7) is 7.08. The van der Waals surface area contributed by atoms with Crippen LogP contribution in [-0.2, 0) is 0 Å². The lowest BCUT2D eigenvalue weighted by molar-refractivity contribution is 0.127. The first-order valence-corrected chi connectivity index (χ1v) is 7.22. The topological polar surface area (TPSA) is 58.0 Å². The van der Waals surface area contributed by atoms with Crippen molar-refractivity contribution in [2.75, 3.05) is 18.5 Å². The Morgan fingerprint density at radius 1 is 1.10 bits per heavy atom. The van der Waals surface area contributed by atoms with Gasteiger partial charge < -0.3 is 10.4 Å². The smallest absolute Gasteiger partial charge is 0.148 e. The maximum Gasteiger partial charge on any atom is 0.148 e. The quantitative estimate of drug-likeness (QED) is 0.849. The van der Waals surface area contributed by atoms with Gasteiger partial charge in [0.25, 0.3) is 0 Å². The van der Waals surface area contributed by atoms with Crippen LogP contribution >= 0.6 is 0 Å². The minimum atomic E-state index is -0.0836. The van der Waals surface area contributed by atoms with Crippen LogP contribution in [0, 0.1) is 12.3 Å². The average Bonchev–Trinajstić information content (AvgIpc) is 2.49. The molecular weight excluding hydrogens is 250 g/mol. The normalized spacial score (nSPS) is 11.8. The van der Waals surface area contributed by atoms with Crippen LogP contribution in [0.4, 0.5) is 5.82 Å². The third-order valence-electron chi connectivity index (χ3n) is 4.21. The lowest BCUT2D eigenvalue weighted by Gasteiger charge is -2.30. The molecule has 0 fully saturated rings. The van der Waals surface area contributed by atoms with Crippen LogP contribution in [0.2, 0.25) is 0 Å². The Bertz CT molecular complexity index is 571. The van der Waals surface area contributed by atoms with Crippen molar-refractivity contribution in [2.45, 2.75) is 33.6 Å². The average molecular weight is 273 g/mol. The molecule has 2 rings (SSSR count). The van der Waals surface area contributed by atoms with Gasteiger partial charge >= 0.3 is 0 Å². The molecule has 0 aliphatic rings. The number of hydrogen-bond acceptors (Lipinski definition) is 4. The Morgan fingerprint density at radius 3 is 2.25 bits per heavy atom. The van der Waals surface area contributed by atoms with Gasteiger partial charge in [0.05, 0.1) is 23.3 Å². The SMILES string of the molecule is CCC(CC)(CO)CNc1nc2ccccc2nc1C.